The molecule has 0 aliphatic heterocycles. The predicted octanol–water partition coefficient (Wildman–Crippen LogP) is -0.0987. The van der Waals surface area contributed by atoms with Gasteiger partial charge < -0.3 is 21.0 Å². The van der Waals surface area contributed by atoms with Gasteiger partial charge in [-0.25, -0.2) is 0 Å². The first-order valence-electron chi connectivity index (χ1n) is 5.83. The van der Waals surface area contributed by atoms with E-state index in [0.717, 1.165) is 0 Å². The molecule has 0 heterocycles. The summed E-state index contributed by atoms with van der Waals surface area (Å²) >= 11 is 0. The molecule has 0 aromatic carbocycles. The van der Waals surface area contributed by atoms with Gasteiger partial charge in [-0.05, 0) is 33.6 Å². The first kappa shape index (κ1) is 16.7. The van der Waals surface area contributed by atoms with Crippen LogP contribution in [0.3, 0.4) is 0 Å². The van der Waals surface area contributed by atoms with Gasteiger partial charge in [0.25, 0.3) is 0 Å². The molecular weight excluding hydrogens is 236 g/mol. The van der Waals surface area contributed by atoms with Crippen LogP contribution in [0.2, 0.25) is 0 Å². The minimum Gasteiger partial charge on any atom is -0.459 e. The number of guanidine groups is 1. The van der Waals surface area contributed by atoms with Crippen LogP contribution < -0.4 is 16.9 Å². The fourth-order valence-electron chi connectivity index (χ4n) is 1.24. The van der Waals surface area contributed by atoms with Crippen molar-refractivity contribution in [2.75, 3.05) is 13.7 Å². The van der Waals surface area contributed by atoms with Gasteiger partial charge in [-0.3, -0.25) is 9.79 Å². The van der Waals surface area contributed by atoms with E-state index in [2.05, 4.69) is 10.5 Å². The molecule has 18 heavy (non-hydrogen) atoms. The minimum atomic E-state index is -0.525. The van der Waals surface area contributed by atoms with E-state index >= 15 is 0 Å². The average Bonchev–Trinajstić information content (AvgIpc) is 2.19. The number of hydrogen-bond acceptors (Lipinski definition) is 5. The maximum atomic E-state index is 11.8. The number of nitrogens with two attached hydrogens (primary N) is 2. The lowest BCUT2D eigenvalue weighted by Gasteiger charge is -2.23. The molecule has 0 saturated carbocycles. The zero-order valence-corrected chi connectivity index (χ0v) is 11.5. The number of rotatable bonds is 7. The summed E-state index contributed by atoms with van der Waals surface area (Å²) in [6, 6.07) is -0.525. The fraction of sp³-hybridized carbons (Fsp3) is 0.818. The van der Waals surface area contributed by atoms with E-state index in [0.29, 0.717) is 19.4 Å². The molecule has 0 radical (unpaired) electrons. The smallest absolute Gasteiger partial charge is 0.325 e. The molecule has 0 spiro atoms. The topological polar surface area (TPSA) is 112 Å². The van der Waals surface area contributed by atoms with E-state index in [1.807, 2.05) is 20.8 Å². The van der Waals surface area contributed by atoms with Crippen molar-refractivity contribution in [1.29, 1.82) is 0 Å². The average molecular weight is 260 g/mol. The Kier molecular flexibility index (Phi) is 7.30. The molecule has 0 unspecified atom stereocenters. The number of ether oxygens (including phenoxy) is 1. The van der Waals surface area contributed by atoms with Crippen LogP contribution in [0.5, 0.6) is 0 Å². The van der Waals surface area contributed by atoms with Crippen molar-refractivity contribution >= 4 is 11.9 Å². The summed E-state index contributed by atoms with van der Waals surface area (Å²) in [4.78, 5) is 20.5. The number of nitrogens with zero attached hydrogens (tertiary/aromatic N) is 1. The third-order valence-corrected chi connectivity index (χ3v) is 1.90. The molecule has 0 aliphatic rings. The van der Waals surface area contributed by atoms with Crippen molar-refractivity contribution in [1.82, 2.24) is 5.48 Å². The number of esters is 1. The molecule has 0 fully saturated rings. The second-order valence-corrected chi connectivity index (χ2v) is 4.86. The number of carbonyl (C=O) groups excluding carboxylic acids is 1. The SMILES string of the molecule is CON[C@@H](CCCN=C(N)N)C(=O)OC(C)(C)C. The molecule has 0 aromatic heterocycles. The van der Waals surface area contributed by atoms with E-state index < -0.39 is 11.6 Å². The highest BCUT2D eigenvalue weighted by molar-refractivity contribution is 5.76. The third kappa shape index (κ3) is 8.77. The van der Waals surface area contributed by atoms with Crippen molar-refractivity contribution < 1.29 is 14.4 Å². The molecule has 106 valence electrons. The van der Waals surface area contributed by atoms with Gasteiger partial charge in [0.15, 0.2) is 5.96 Å². The molecule has 0 bridgehead atoms. The first-order chi connectivity index (χ1) is 8.26. The normalized spacial score (nSPS) is 12.9. The van der Waals surface area contributed by atoms with Gasteiger partial charge in [0.05, 0.1) is 7.11 Å². The van der Waals surface area contributed by atoms with Gasteiger partial charge in [-0.15, -0.1) is 0 Å². The molecule has 7 heteroatoms. The van der Waals surface area contributed by atoms with Crippen molar-refractivity contribution in [2.24, 2.45) is 16.5 Å². The first-order valence-corrected chi connectivity index (χ1v) is 5.83. The van der Waals surface area contributed by atoms with Gasteiger partial charge in [-0.2, -0.15) is 5.48 Å². The number of hydroxylamine groups is 1. The van der Waals surface area contributed by atoms with Gasteiger partial charge >= 0.3 is 5.97 Å². The number of nitrogens with one attached hydrogen (secondary N) is 1. The molecule has 0 saturated heterocycles. The summed E-state index contributed by atoms with van der Waals surface area (Å²) in [5, 5.41) is 0. The van der Waals surface area contributed by atoms with Crippen LogP contribution in [-0.4, -0.2) is 37.2 Å². The minimum absolute atomic E-state index is 0.0449. The summed E-state index contributed by atoms with van der Waals surface area (Å²) in [7, 11) is 1.45. The maximum absolute atomic E-state index is 11.8. The van der Waals surface area contributed by atoms with E-state index in [1.165, 1.54) is 7.11 Å². The second-order valence-electron chi connectivity index (χ2n) is 4.86. The van der Waals surface area contributed by atoms with Crippen molar-refractivity contribution in [3.63, 3.8) is 0 Å². The van der Waals surface area contributed by atoms with Gasteiger partial charge in [0.1, 0.15) is 11.6 Å². The van der Waals surface area contributed by atoms with Gasteiger partial charge in [0.2, 0.25) is 0 Å². The second kappa shape index (κ2) is 7.88. The Morgan fingerprint density at radius 3 is 2.44 bits per heavy atom. The zero-order valence-electron chi connectivity index (χ0n) is 11.5. The van der Waals surface area contributed by atoms with Crippen molar-refractivity contribution in [3.05, 3.63) is 0 Å². The Hall–Kier alpha value is -1.34. The Morgan fingerprint density at radius 2 is 2.00 bits per heavy atom. The summed E-state index contributed by atoms with van der Waals surface area (Å²) in [5.74, 6) is -0.308. The monoisotopic (exact) mass is 260 g/mol. The van der Waals surface area contributed by atoms with E-state index in [4.69, 9.17) is 21.0 Å². The highest BCUT2D eigenvalue weighted by atomic mass is 16.6. The number of carbonyl (C=O) groups is 1. The number of hydrogen-bond donors (Lipinski definition) is 3. The molecular formula is C11H24N4O3. The van der Waals surface area contributed by atoms with E-state index in [9.17, 15) is 4.79 Å². The van der Waals surface area contributed by atoms with Crippen molar-refractivity contribution in [3.8, 4) is 0 Å². The fourth-order valence-corrected chi connectivity index (χ4v) is 1.24. The van der Waals surface area contributed by atoms with Crippen molar-refractivity contribution in [2.45, 2.75) is 45.3 Å². The number of aliphatic imine (C=N–C) groups is 1. The Labute approximate surface area is 108 Å². The third-order valence-electron chi connectivity index (χ3n) is 1.90. The molecule has 0 amide bonds. The van der Waals surface area contributed by atoms with E-state index in [1.54, 1.807) is 0 Å². The Balaban J connectivity index is 4.21. The lowest BCUT2D eigenvalue weighted by molar-refractivity contribution is -0.161. The maximum Gasteiger partial charge on any atom is 0.325 e. The molecule has 0 aromatic rings. The largest absolute Gasteiger partial charge is 0.459 e. The summed E-state index contributed by atoms with van der Waals surface area (Å²) < 4.78 is 5.26. The van der Waals surface area contributed by atoms with Crippen LogP contribution in [-0.2, 0) is 14.4 Å². The highest BCUT2D eigenvalue weighted by Crippen LogP contribution is 2.10. The van der Waals surface area contributed by atoms with Gasteiger partial charge in [-0.1, -0.05) is 0 Å². The predicted molar refractivity (Wildman–Crippen MR) is 69.7 cm³/mol. The van der Waals surface area contributed by atoms with Crippen LogP contribution >= 0.6 is 0 Å². The van der Waals surface area contributed by atoms with Gasteiger partial charge in [0, 0.05) is 6.54 Å². The Bertz CT molecular complexity index is 283. The lowest BCUT2D eigenvalue weighted by atomic mass is 10.1. The molecule has 1 atom stereocenters. The molecule has 7 nitrogen and oxygen atoms in total. The van der Waals surface area contributed by atoms with E-state index in [-0.39, 0.29) is 11.9 Å². The molecule has 0 rings (SSSR count). The molecule has 0 aliphatic carbocycles. The van der Waals surface area contributed by atoms with Crippen LogP contribution in [0.1, 0.15) is 33.6 Å². The summed E-state index contributed by atoms with van der Waals surface area (Å²) in [5.41, 5.74) is 12.5. The van der Waals surface area contributed by atoms with Crippen LogP contribution in [0.15, 0.2) is 4.99 Å². The summed E-state index contributed by atoms with van der Waals surface area (Å²) in [6.07, 6.45) is 1.18. The standard InChI is InChI=1S/C11H24N4O3/c1-11(2,3)18-9(16)8(15-17-4)6-5-7-14-10(12)13/h8,15H,5-7H2,1-4H3,(H4,12,13,14)/t8-/m0/s1. The quantitative estimate of drug-likeness (QED) is 0.194. The summed E-state index contributed by atoms with van der Waals surface area (Å²) in [6.45, 7) is 5.91. The highest BCUT2D eigenvalue weighted by Gasteiger charge is 2.24. The van der Waals surface area contributed by atoms with Crippen LogP contribution in [0, 0.1) is 0 Å². The van der Waals surface area contributed by atoms with Crippen LogP contribution in [0.4, 0.5) is 0 Å². The zero-order chi connectivity index (χ0) is 14.2. The van der Waals surface area contributed by atoms with Crippen LogP contribution in [0.25, 0.3) is 0 Å². The molecule has 5 N–H and O–H groups in total. The lowest BCUT2D eigenvalue weighted by Crippen LogP contribution is -2.41. The Morgan fingerprint density at radius 1 is 1.39 bits per heavy atom.